The minimum Gasteiger partial charge on any atom is -0.348 e. The summed E-state index contributed by atoms with van der Waals surface area (Å²) in [6.07, 6.45) is 11.2. The van der Waals surface area contributed by atoms with Crippen molar-refractivity contribution in [1.82, 2.24) is 20.3 Å². The SMILES string of the molecule is O=C(NC1CCCCCCC1)c1nn(/C=C/c2ccccc2)nc1C(Cl)(Cl)Cl. The van der Waals surface area contributed by atoms with E-state index < -0.39 is 3.79 Å². The maximum absolute atomic E-state index is 12.8. The van der Waals surface area contributed by atoms with Gasteiger partial charge in [-0.15, -0.1) is 10.2 Å². The van der Waals surface area contributed by atoms with Gasteiger partial charge >= 0.3 is 0 Å². The molecule has 3 rings (SSSR count). The summed E-state index contributed by atoms with van der Waals surface area (Å²) in [5.74, 6) is -0.355. The Labute approximate surface area is 180 Å². The standard InChI is InChI=1S/C20H23Cl3N4O/c21-20(22,23)18-17(19(28)24-16-11-7-2-1-3-8-12-16)25-27(26-18)14-13-15-9-5-4-6-10-15/h4-6,9-10,13-14,16H,1-3,7-8,11-12H2,(H,24,28)/b14-13+. The molecule has 5 nitrogen and oxygen atoms in total. The van der Waals surface area contributed by atoms with Gasteiger partial charge in [-0.2, -0.15) is 4.80 Å². The number of aromatic nitrogens is 3. The van der Waals surface area contributed by atoms with Crippen LogP contribution in [0.2, 0.25) is 0 Å². The lowest BCUT2D eigenvalue weighted by Gasteiger charge is -2.20. The molecule has 0 atom stereocenters. The number of alkyl halides is 3. The number of rotatable bonds is 4. The molecule has 2 aromatic rings. The van der Waals surface area contributed by atoms with Crippen LogP contribution in [-0.2, 0) is 3.79 Å². The summed E-state index contributed by atoms with van der Waals surface area (Å²) in [6.45, 7) is 0. The van der Waals surface area contributed by atoms with E-state index in [1.807, 2.05) is 36.4 Å². The van der Waals surface area contributed by atoms with Gasteiger partial charge in [0.2, 0.25) is 3.79 Å². The number of carbonyl (C=O) groups is 1. The van der Waals surface area contributed by atoms with Crippen molar-refractivity contribution in [1.29, 1.82) is 0 Å². The van der Waals surface area contributed by atoms with Gasteiger partial charge in [0.15, 0.2) is 5.69 Å². The zero-order chi connectivity index (χ0) is 20.0. The number of amides is 1. The molecule has 1 fully saturated rings. The van der Waals surface area contributed by atoms with Crippen LogP contribution in [0.15, 0.2) is 30.3 Å². The van der Waals surface area contributed by atoms with Gasteiger partial charge in [0.25, 0.3) is 5.91 Å². The Morgan fingerprint density at radius 2 is 1.68 bits per heavy atom. The predicted octanol–water partition coefficient (Wildman–Crippen LogP) is 5.58. The van der Waals surface area contributed by atoms with Crippen LogP contribution in [-0.4, -0.2) is 26.9 Å². The molecule has 1 aliphatic carbocycles. The molecule has 1 aliphatic rings. The number of hydrogen-bond acceptors (Lipinski definition) is 3. The van der Waals surface area contributed by atoms with Crippen LogP contribution in [0.5, 0.6) is 0 Å². The van der Waals surface area contributed by atoms with E-state index >= 15 is 0 Å². The van der Waals surface area contributed by atoms with E-state index in [1.54, 1.807) is 6.20 Å². The van der Waals surface area contributed by atoms with Gasteiger partial charge in [-0.05, 0) is 24.5 Å². The second-order valence-corrected chi connectivity index (χ2v) is 9.24. The molecule has 0 bridgehead atoms. The van der Waals surface area contributed by atoms with Crippen LogP contribution in [0.4, 0.5) is 0 Å². The van der Waals surface area contributed by atoms with Gasteiger partial charge in [-0.3, -0.25) is 4.79 Å². The number of halogens is 3. The molecule has 150 valence electrons. The Bertz CT molecular complexity index is 807. The summed E-state index contributed by atoms with van der Waals surface area (Å²) in [6, 6.07) is 9.78. The Morgan fingerprint density at radius 1 is 1.04 bits per heavy atom. The predicted molar refractivity (Wildman–Crippen MR) is 114 cm³/mol. The van der Waals surface area contributed by atoms with Crippen molar-refractivity contribution in [2.24, 2.45) is 0 Å². The molecule has 0 saturated heterocycles. The lowest BCUT2D eigenvalue weighted by molar-refractivity contribution is 0.0924. The topological polar surface area (TPSA) is 59.8 Å². The average molecular weight is 442 g/mol. The van der Waals surface area contributed by atoms with Gasteiger partial charge in [0.1, 0.15) is 5.69 Å². The highest BCUT2D eigenvalue weighted by atomic mass is 35.6. The number of benzene rings is 1. The van der Waals surface area contributed by atoms with Crippen molar-refractivity contribution in [3.8, 4) is 0 Å². The lowest BCUT2D eigenvalue weighted by atomic mass is 9.96. The molecule has 1 N–H and O–H groups in total. The first-order valence-corrected chi connectivity index (χ1v) is 10.6. The third-order valence-corrected chi connectivity index (χ3v) is 5.29. The minimum atomic E-state index is -1.84. The molecule has 0 spiro atoms. The first-order chi connectivity index (χ1) is 13.4. The summed E-state index contributed by atoms with van der Waals surface area (Å²) in [7, 11) is 0. The summed E-state index contributed by atoms with van der Waals surface area (Å²) in [5, 5.41) is 11.5. The Balaban J connectivity index is 1.79. The van der Waals surface area contributed by atoms with Crippen LogP contribution in [0.25, 0.3) is 12.3 Å². The normalized spacial score (nSPS) is 16.7. The minimum absolute atomic E-state index is 0.0264. The first kappa shape index (κ1) is 21.2. The number of nitrogens with zero attached hydrogens (tertiary/aromatic N) is 3. The highest BCUT2D eigenvalue weighted by Crippen LogP contribution is 2.38. The Hall–Kier alpha value is -1.56. The van der Waals surface area contributed by atoms with Gasteiger partial charge < -0.3 is 5.32 Å². The molecule has 0 radical (unpaired) electrons. The molecule has 8 heteroatoms. The zero-order valence-electron chi connectivity index (χ0n) is 15.5. The molecule has 1 aromatic heterocycles. The highest BCUT2D eigenvalue weighted by Gasteiger charge is 2.34. The van der Waals surface area contributed by atoms with Crippen LogP contribution in [0.1, 0.15) is 66.7 Å². The largest absolute Gasteiger partial charge is 0.348 e. The summed E-state index contributed by atoms with van der Waals surface area (Å²) in [4.78, 5) is 14.1. The van der Waals surface area contributed by atoms with Crippen LogP contribution in [0, 0.1) is 0 Å². The highest BCUT2D eigenvalue weighted by molar-refractivity contribution is 6.66. The van der Waals surface area contributed by atoms with E-state index in [0.29, 0.717) is 0 Å². The van der Waals surface area contributed by atoms with Crippen molar-refractivity contribution in [2.75, 3.05) is 0 Å². The van der Waals surface area contributed by atoms with Gasteiger partial charge in [-0.25, -0.2) is 0 Å². The van der Waals surface area contributed by atoms with E-state index in [4.69, 9.17) is 34.8 Å². The smallest absolute Gasteiger partial charge is 0.274 e. The van der Waals surface area contributed by atoms with Crippen molar-refractivity contribution in [3.05, 3.63) is 47.3 Å². The molecular weight excluding hydrogens is 419 g/mol. The third kappa shape index (κ3) is 5.97. The van der Waals surface area contributed by atoms with Crippen LogP contribution < -0.4 is 5.32 Å². The number of carbonyl (C=O) groups excluding carboxylic acids is 1. The van der Waals surface area contributed by atoms with Crippen molar-refractivity contribution >= 4 is 53.0 Å². The number of hydrogen-bond donors (Lipinski definition) is 1. The van der Waals surface area contributed by atoms with E-state index in [9.17, 15) is 4.79 Å². The third-order valence-electron chi connectivity index (χ3n) is 4.75. The van der Waals surface area contributed by atoms with Crippen LogP contribution >= 0.6 is 34.8 Å². The Morgan fingerprint density at radius 3 is 2.32 bits per heavy atom. The van der Waals surface area contributed by atoms with Crippen molar-refractivity contribution in [2.45, 2.75) is 54.8 Å². The van der Waals surface area contributed by atoms with E-state index in [1.165, 1.54) is 24.1 Å². The van der Waals surface area contributed by atoms with E-state index in [2.05, 4.69) is 15.5 Å². The molecule has 1 saturated carbocycles. The second kappa shape index (κ2) is 9.77. The van der Waals surface area contributed by atoms with E-state index in [0.717, 1.165) is 31.2 Å². The fraction of sp³-hybridized carbons (Fsp3) is 0.450. The van der Waals surface area contributed by atoms with E-state index in [-0.39, 0.29) is 23.3 Å². The zero-order valence-corrected chi connectivity index (χ0v) is 17.7. The number of nitrogens with one attached hydrogen (secondary N) is 1. The second-order valence-electron chi connectivity index (χ2n) is 6.96. The molecule has 1 heterocycles. The monoisotopic (exact) mass is 440 g/mol. The van der Waals surface area contributed by atoms with Gasteiger partial charge in [0.05, 0.1) is 6.20 Å². The fourth-order valence-electron chi connectivity index (χ4n) is 3.30. The maximum Gasteiger partial charge on any atom is 0.274 e. The summed E-state index contributed by atoms with van der Waals surface area (Å²) >= 11 is 18.1. The molecule has 1 amide bonds. The quantitative estimate of drug-likeness (QED) is 0.630. The van der Waals surface area contributed by atoms with Gasteiger partial charge in [0, 0.05) is 6.04 Å². The van der Waals surface area contributed by atoms with Crippen molar-refractivity contribution < 1.29 is 4.79 Å². The molecule has 0 aliphatic heterocycles. The lowest BCUT2D eigenvalue weighted by Crippen LogP contribution is -2.36. The first-order valence-electron chi connectivity index (χ1n) is 9.51. The average Bonchev–Trinajstić information content (AvgIpc) is 3.08. The summed E-state index contributed by atoms with van der Waals surface area (Å²) in [5.41, 5.74) is 1.04. The van der Waals surface area contributed by atoms with Gasteiger partial charge in [-0.1, -0.05) is 97.2 Å². The summed E-state index contributed by atoms with van der Waals surface area (Å²) < 4.78 is -1.84. The molecule has 0 unspecified atom stereocenters. The van der Waals surface area contributed by atoms with Crippen molar-refractivity contribution in [3.63, 3.8) is 0 Å². The molecule has 28 heavy (non-hydrogen) atoms. The fourth-order valence-corrected chi connectivity index (χ4v) is 3.69. The molecular formula is C20H23Cl3N4O. The maximum atomic E-state index is 12.8. The Kier molecular flexibility index (Phi) is 7.38. The van der Waals surface area contributed by atoms with Crippen LogP contribution in [0.3, 0.4) is 0 Å². The molecule has 1 aromatic carbocycles.